The quantitative estimate of drug-likeness (QED) is 0.895. The summed E-state index contributed by atoms with van der Waals surface area (Å²) in [7, 11) is 0. The number of carbonyl (C=O) groups excluding carboxylic acids is 1. The molecular weight excluding hydrogens is 280 g/mol. The third-order valence-corrected chi connectivity index (χ3v) is 4.74. The van der Waals surface area contributed by atoms with Gasteiger partial charge in [-0.1, -0.05) is 39.0 Å². The number of hydrogen-bond acceptors (Lipinski definition) is 3. The number of thioether (sulfide) groups is 1. The molecule has 0 spiro atoms. The summed E-state index contributed by atoms with van der Waals surface area (Å²) in [4.78, 5) is 13.5. The minimum absolute atomic E-state index is 0.0680. The fourth-order valence-electron chi connectivity index (χ4n) is 2.84. The molecule has 1 aromatic carbocycles. The summed E-state index contributed by atoms with van der Waals surface area (Å²) in [5.41, 5.74) is 7.50. The lowest BCUT2D eigenvalue weighted by Crippen LogP contribution is -2.36. The van der Waals surface area contributed by atoms with Crippen LogP contribution < -0.4 is 11.1 Å². The molecule has 2 unspecified atom stereocenters. The highest BCUT2D eigenvalue weighted by molar-refractivity contribution is 7.99. The van der Waals surface area contributed by atoms with E-state index >= 15 is 0 Å². The lowest BCUT2D eigenvalue weighted by Gasteiger charge is -2.27. The molecule has 0 aliphatic carbocycles. The molecule has 1 aliphatic heterocycles. The van der Waals surface area contributed by atoms with E-state index in [0.717, 1.165) is 18.6 Å². The molecule has 116 valence electrons. The lowest BCUT2D eigenvalue weighted by atomic mass is 9.87. The van der Waals surface area contributed by atoms with Crippen LogP contribution in [-0.4, -0.2) is 17.7 Å². The van der Waals surface area contributed by atoms with E-state index in [1.807, 2.05) is 17.8 Å². The van der Waals surface area contributed by atoms with Crippen LogP contribution in [0.3, 0.4) is 0 Å². The molecule has 1 amide bonds. The van der Waals surface area contributed by atoms with Gasteiger partial charge in [-0.15, -0.1) is 11.8 Å². The molecule has 4 heteroatoms. The van der Waals surface area contributed by atoms with Crippen LogP contribution in [0, 0.1) is 5.41 Å². The first kappa shape index (κ1) is 16.4. The number of hydrogen-bond donors (Lipinski definition) is 2. The monoisotopic (exact) mass is 306 g/mol. The van der Waals surface area contributed by atoms with Gasteiger partial charge in [0.25, 0.3) is 0 Å². The molecule has 1 aromatic rings. The fraction of sp³-hybridized carbons (Fsp3) is 0.588. The largest absolute Gasteiger partial charge is 0.349 e. The molecule has 3 N–H and O–H groups in total. The first-order chi connectivity index (χ1) is 9.85. The third-order valence-electron chi connectivity index (χ3n) is 3.62. The second-order valence-corrected chi connectivity index (χ2v) is 8.16. The predicted molar refractivity (Wildman–Crippen MR) is 89.3 cm³/mol. The molecule has 0 bridgehead atoms. The normalized spacial score (nSPS) is 19.7. The molecule has 1 aliphatic rings. The van der Waals surface area contributed by atoms with Gasteiger partial charge in [0.15, 0.2) is 0 Å². The van der Waals surface area contributed by atoms with Gasteiger partial charge in [-0.2, -0.15) is 0 Å². The van der Waals surface area contributed by atoms with E-state index in [1.165, 1.54) is 10.5 Å². The summed E-state index contributed by atoms with van der Waals surface area (Å²) in [6.45, 7) is 6.46. The summed E-state index contributed by atoms with van der Waals surface area (Å²) >= 11 is 1.87. The minimum Gasteiger partial charge on any atom is -0.349 e. The maximum absolute atomic E-state index is 12.2. The molecule has 2 atom stereocenters. The van der Waals surface area contributed by atoms with Gasteiger partial charge in [0.1, 0.15) is 0 Å². The van der Waals surface area contributed by atoms with Gasteiger partial charge in [-0.3, -0.25) is 4.79 Å². The topological polar surface area (TPSA) is 55.1 Å². The standard InChI is InChI=1S/C17H26N2OS/c1-17(2,3)11-12(18)10-16(20)19-14-8-9-21-15-7-5-4-6-13(14)15/h4-7,12,14H,8-11,18H2,1-3H3,(H,19,20). The van der Waals surface area contributed by atoms with Gasteiger partial charge in [0, 0.05) is 23.1 Å². The Bertz CT molecular complexity index is 496. The number of benzene rings is 1. The molecule has 2 rings (SSSR count). The Kier molecular flexibility index (Phi) is 5.33. The van der Waals surface area contributed by atoms with Crippen molar-refractivity contribution in [1.29, 1.82) is 0 Å². The van der Waals surface area contributed by atoms with Crippen molar-refractivity contribution in [2.75, 3.05) is 5.75 Å². The highest BCUT2D eigenvalue weighted by atomic mass is 32.2. The van der Waals surface area contributed by atoms with Crippen molar-refractivity contribution < 1.29 is 4.79 Å². The molecule has 0 saturated carbocycles. The van der Waals surface area contributed by atoms with Gasteiger partial charge in [-0.05, 0) is 29.9 Å². The van der Waals surface area contributed by atoms with Gasteiger partial charge in [-0.25, -0.2) is 0 Å². The highest BCUT2D eigenvalue weighted by Crippen LogP contribution is 2.35. The van der Waals surface area contributed by atoms with Crippen LogP contribution in [0.5, 0.6) is 0 Å². The fourth-order valence-corrected chi connectivity index (χ4v) is 3.97. The second-order valence-electron chi connectivity index (χ2n) is 7.02. The molecule has 0 saturated heterocycles. The maximum atomic E-state index is 12.2. The van der Waals surface area contributed by atoms with Crippen molar-refractivity contribution in [3.63, 3.8) is 0 Å². The van der Waals surface area contributed by atoms with E-state index in [0.29, 0.717) is 6.42 Å². The van der Waals surface area contributed by atoms with Crippen molar-refractivity contribution in [2.24, 2.45) is 11.1 Å². The summed E-state index contributed by atoms with van der Waals surface area (Å²) in [5, 5.41) is 3.16. The zero-order valence-electron chi connectivity index (χ0n) is 13.2. The zero-order valence-corrected chi connectivity index (χ0v) is 14.0. The lowest BCUT2D eigenvalue weighted by molar-refractivity contribution is -0.122. The summed E-state index contributed by atoms with van der Waals surface area (Å²) in [5.74, 6) is 1.12. The second kappa shape index (κ2) is 6.84. The van der Waals surface area contributed by atoms with Crippen LogP contribution in [-0.2, 0) is 4.79 Å². The Hall–Kier alpha value is -1.00. The van der Waals surface area contributed by atoms with Crippen LogP contribution in [0.2, 0.25) is 0 Å². The van der Waals surface area contributed by atoms with Crippen LogP contribution in [0.4, 0.5) is 0 Å². The van der Waals surface area contributed by atoms with Crippen LogP contribution in [0.15, 0.2) is 29.2 Å². The Morgan fingerprint density at radius 1 is 1.43 bits per heavy atom. The van der Waals surface area contributed by atoms with E-state index in [9.17, 15) is 4.79 Å². The zero-order chi connectivity index (χ0) is 15.5. The minimum atomic E-state index is -0.0711. The van der Waals surface area contributed by atoms with E-state index in [-0.39, 0.29) is 23.4 Å². The van der Waals surface area contributed by atoms with E-state index in [2.05, 4.69) is 44.3 Å². The van der Waals surface area contributed by atoms with Crippen molar-refractivity contribution in [3.05, 3.63) is 29.8 Å². The number of rotatable bonds is 4. The third kappa shape index (κ3) is 5.04. The molecule has 3 nitrogen and oxygen atoms in total. The van der Waals surface area contributed by atoms with Crippen molar-refractivity contribution in [2.45, 2.75) is 57.0 Å². The number of carbonyl (C=O) groups is 1. The molecule has 0 fully saturated rings. The van der Waals surface area contributed by atoms with Crippen LogP contribution in [0.25, 0.3) is 0 Å². The van der Waals surface area contributed by atoms with E-state index < -0.39 is 0 Å². The van der Waals surface area contributed by atoms with Crippen LogP contribution in [0.1, 0.15) is 51.6 Å². The molecule has 0 aromatic heterocycles. The molecule has 21 heavy (non-hydrogen) atoms. The SMILES string of the molecule is CC(C)(C)CC(N)CC(=O)NC1CCSc2ccccc21. The van der Waals surface area contributed by atoms with Crippen molar-refractivity contribution >= 4 is 17.7 Å². The molecule has 0 radical (unpaired) electrons. The summed E-state index contributed by atoms with van der Waals surface area (Å²) in [6.07, 6.45) is 2.25. The molecular formula is C17H26N2OS. The number of nitrogens with two attached hydrogens (primary N) is 1. The number of fused-ring (bicyclic) bond motifs is 1. The highest BCUT2D eigenvalue weighted by Gasteiger charge is 2.23. The van der Waals surface area contributed by atoms with Crippen molar-refractivity contribution in [1.82, 2.24) is 5.32 Å². The average molecular weight is 306 g/mol. The molecule has 1 heterocycles. The van der Waals surface area contributed by atoms with Gasteiger partial charge in [0.2, 0.25) is 5.91 Å². The predicted octanol–water partition coefficient (Wildman–Crippen LogP) is 3.49. The Morgan fingerprint density at radius 2 is 2.14 bits per heavy atom. The average Bonchev–Trinajstić information content (AvgIpc) is 2.36. The van der Waals surface area contributed by atoms with Gasteiger partial charge >= 0.3 is 0 Å². The Labute approximate surface area is 132 Å². The van der Waals surface area contributed by atoms with Gasteiger partial charge < -0.3 is 11.1 Å². The van der Waals surface area contributed by atoms with Gasteiger partial charge in [0.05, 0.1) is 6.04 Å². The van der Waals surface area contributed by atoms with E-state index in [4.69, 9.17) is 5.73 Å². The van der Waals surface area contributed by atoms with Crippen LogP contribution >= 0.6 is 11.8 Å². The Morgan fingerprint density at radius 3 is 2.86 bits per heavy atom. The smallest absolute Gasteiger partial charge is 0.222 e. The number of nitrogens with one attached hydrogen (secondary N) is 1. The Balaban J connectivity index is 1.92. The van der Waals surface area contributed by atoms with Crippen molar-refractivity contribution in [3.8, 4) is 0 Å². The number of amides is 1. The first-order valence-electron chi connectivity index (χ1n) is 7.62. The summed E-state index contributed by atoms with van der Waals surface area (Å²) in [6, 6.07) is 8.39. The van der Waals surface area contributed by atoms with E-state index in [1.54, 1.807) is 0 Å². The first-order valence-corrected chi connectivity index (χ1v) is 8.60. The summed E-state index contributed by atoms with van der Waals surface area (Å²) < 4.78 is 0. The maximum Gasteiger partial charge on any atom is 0.222 e.